The average molecular weight is 395 g/mol. The van der Waals surface area contributed by atoms with Gasteiger partial charge in [0.05, 0.1) is 12.5 Å². The SMILES string of the molecule is O=C(O)C1CN(Cc2ccc(OCCc3ccccc3)cc2)CC12CCOCC2. The molecule has 2 aromatic rings. The number of likely N-dealkylation sites (tertiary alicyclic amines) is 1. The molecule has 0 saturated carbocycles. The highest BCUT2D eigenvalue weighted by atomic mass is 16.5. The van der Waals surface area contributed by atoms with Crippen LogP contribution >= 0.6 is 0 Å². The Labute approximate surface area is 172 Å². The van der Waals surface area contributed by atoms with Crippen LogP contribution in [0.3, 0.4) is 0 Å². The van der Waals surface area contributed by atoms with Crippen LogP contribution < -0.4 is 4.74 Å². The summed E-state index contributed by atoms with van der Waals surface area (Å²) >= 11 is 0. The van der Waals surface area contributed by atoms with E-state index in [-0.39, 0.29) is 11.3 Å². The number of nitrogens with zero attached hydrogens (tertiary/aromatic N) is 1. The van der Waals surface area contributed by atoms with Gasteiger partial charge in [-0.3, -0.25) is 9.69 Å². The predicted molar refractivity (Wildman–Crippen MR) is 111 cm³/mol. The fraction of sp³-hybridized carbons (Fsp3) is 0.458. The largest absolute Gasteiger partial charge is 0.493 e. The van der Waals surface area contributed by atoms with Gasteiger partial charge in [0.1, 0.15) is 5.75 Å². The number of rotatable bonds is 7. The van der Waals surface area contributed by atoms with E-state index in [0.29, 0.717) is 26.4 Å². The van der Waals surface area contributed by atoms with E-state index in [1.165, 1.54) is 11.1 Å². The summed E-state index contributed by atoms with van der Waals surface area (Å²) in [7, 11) is 0. The molecule has 0 aliphatic carbocycles. The van der Waals surface area contributed by atoms with E-state index >= 15 is 0 Å². The molecule has 0 bridgehead atoms. The number of carbonyl (C=O) groups is 1. The number of carboxylic acids is 1. The lowest BCUT2D eigenvalue weighted by atomic mass is 9.72. The van der Waals surface area contributed by atoms with Gasteiger partial charge in [-0.1, -0.05) is 42.5 Å². The number of benzene rings is 2. The number of ether oxygens (including phenoxy) is 2. The molecule has 29 heavy (non-hydrogen) atoms. The highest BCUT2D eigenvalue weighted by Crippen LogP contribution is 2.44. The normalized spacial score (nSPS) is 21.3. The lowest BCUT2D eigenvalue weighted by Gasteiger charge is -2.36. The van der Waals surface area contributed by atoms with Crippen molar-refractivity contribution in [2.45, 2.75) is 25.8 Å². The van der Waals surface area contributed by atoms with Crippen LogP contribution in [0.4, 0.5) is 0 Å². The van der Waals surface area contributed by atoms with Gasteiger partial charge in [-0.05, 0) is 36.1 Å². The first-order valence-corrected chi connectivity index (χ1v) is 10.4. The molecule has 2 heterocycles. The smallest absolute Gasteiger partial charge is 0.308 e. The Morgan fingerprint density at radius 2 is 1.79 bits per heavy atom. The minimum atomic E-state index is -0.670. The van der Waals surface area contributed by atoms with Gasteiger partial charge in [0.15, 0.2) is 0 Å². The van der Waals surface area contributed by atoms with Crippen molar-refractivity contribution in [3.63, 3.8) is 0 Å². The van der Waals surface area contributed by atoms with Crippen molar-refractivity contribution in [1.29, 1.82) is 0 Å². The Morgan fingerprint density at radius 3 is 2.48 bits per heavy atom. The van der Waals surface area contributed by atoms with Gasteiger partial charge in [0.2, 0.25) is 0 Å². The van der Waals surface area contributed by atoms with Crippen molar-refractivity contribution in [3.05, 3.63) is 65.7 Å². The first-order chi connectivity index (χ1) is 14.1. The van der Waals surface area contributed by atoms with Crippen molar-refractivity contribution in [1.82, 2.24) is 4.90 Å². The van der Waals surface area contributed by atoms with E-state index in [4.69, 9.17) is 9.47 Å². The maximum absolute atomic E-state index is 11.8. The van der Waals surface area contributed by atoms with Gasteiger partial charge in [-0.25, -0.2) is 0 Å². The zero-order valence-corrected chi connectivity index (χ0v) is 16.8. The highest BCUT2D eigenvalue weighted by Gasteiger charge is 2.50. The van der Waals surface area contributed by atoms with Crippen LogP contribution in [0.5, 0.6) is 5.75 Å². The van der Waals surface area contributed by atoms with E-state index in [1.54, 1.807) is 0 Å². The summed E-state index contributed by atoms with van der Waals surface area (Å²) in [4.78, 5) is 14.1. The molecule has 5 nitrogen and oxygen atoms in total. The van der Waals surface area contributed by atoms with Crippen molar-refractivity contribution in [2.24, 2.45) is 11.3 Å². The fourth-order valence-corrected chi connectivity index (χ4v) is 4.70. The molecule has 2 aliphatic heterocycles. The maximum atomic E-state index is 11.8. The average Bonchev–Trinajstić information content (AvgIpc) is 3.08. The molecule has 1 N–H and O–H groups in total. The predicted octanol–water partition coefficient (Wildman–Crippen LogP) is 3.62. The van der Waals surface area contributed by atoms with Gasteiger partial charge in [0, 0.05) is 44.7 Å². The van der Waals surface area contributed by atoms with Crippen LogP contribution in [0.25, 0.3) is 0 Å². The Hall–Kier alpha value is -2.37. The number of hydrogen-bond donors (Lipinski definition) is 1. The fourth-order valence-electron chi connectivity index (χ4n) is 4.70. The first kappa shape index (κ1) is 19.9. The summed E-state index contributed by atoms with van der Waals surface area (Å²) in [5, 5.41) is 9.73. The van der Waals surface area contributed by atoms with Crippen LogP contribution in [-0.4, -0.2) is 48.9 Å². The minimum Gasteiger partial charge on any atom is -0.493 e. The first-order valence-electron chi connectivity index (χ1n) is 10.4. The number of carboxylic acid groups (broad SMARTS) is 1. The van der Waals surface area contributed by atoms with Crippen molar-refractivity contribution >= 4 is 5.97 Å². The molecule has 0 radical (unpaired) electrons. The third kappa shape index (κ3) is 4.80. The number of aliphatic carboxylic acids is 1. The molecule has 0 aromatic heterocycles. The van der Waals surface area contributed by atoms with Crippen LogP contribution in [0.1, 0.15) is 24.0 Å². The Kier molecular flexibility index (Phi) is 6.16. The zero-order valence-electron chi connectivity index (χ0n) is 16.8. The van der Waals surface area contributed by atoms with Crippen molar-refractivity contribution < 1.29 is 19.4 Å². The molecule has 1 atom stereocenters. The van der Waals surface area contributed by atoms with Crippen molar-refractivity contribution in [2.75, 3.05) is 32.9 Å². The van der Waals surface area contributed by atoms with Gasteiger partial charge in [0.25, 0.3) is 0 Å². The Bertz CT molecular complexity index is 799. The minimum absolute atomic E-state index is 0.134. The monoisotopic (exact) mass is 395 g/mol. The number of hydrogen-bond acceptors (Lipinski definition) is 4. The summed E-state index contributed by atoms with van der Waals surface area (Å²) in [6.45, 7) is 4.23. The topological polar surface area (TPSA) is 59.0 Å². The standard InChI is InChI=1S/C24H29NO4/c26-23(27)22-17-25(18-24(22)11-14-28-15-12-24)16-20-6-8-21(9-7-20)29-13-10-19-4-2-1-3-5-19/h1-9,22H,10-18H2,(H,26,27). The molecule has 4 rings (SSSR count). The molecule has 1 unspecified atom stereocenters. The van der Waals surface area contributed by atoms with Crippen LogP contribution in [0.15, 0.2) is 54.6 Å². The van der Waals surface area contributed by atoms with Crippen LogP contribution in [-0.2, 0) is 22.5 Å². The summed E-state index contributed by atoms with van der Waals surface area (Å²) in [5.74, 6) is -0.0982. The molecule has 2 aliphatic rings. The Morgan fingerprint density at radius 1 is 1.07 bits per heavy atom. The lowest BCUT2D eigenvalue weighted by Crippen LogP contribution is -2.40. The van der Waals surface area contributed by atoms with Crippen molar-refractivity contribution in [3.8, 4) is 5.75 Å². The molecule has 2 fully saturated rings. The molecule has 2 aromatic carbocycles. The lowest BCUT2D eigenvalue weighted by molar-refractivity contribution is -0.147. The van der Waals surface area contributed by atoms with Gasteiger partial charge in [-0.15, -0.1) is 0 Å². The third-order valence-corrected chi connectivity index (χ3v) is 6.34. The second kappa shape index (κ2) is 8.97. The molecule has 1 spiro atoms. The van der Waals surface area contributed by atoms with E-state index in [2.05, 4.69) is 29.2 Å². The quantitative estimate of drug-likeness (QED) is 0.776. The molecule has 2 saturated heterocycles. The summed E-state index contributed by atoms with van der Waals surface area (Å²) in [5.41, 5.74) is 2.33. The molecule has 5 heteroatoms. The zero-order chi connectivity index (χ0) is 20.1. The van der Waals surface area contributed by atoms with Crippen LogP contribution in [0, 0.1) is 11.3 Å². The van der Waals surface area contributed by atoms with E-state index in [9.17, 15) is 9.90 Å². The second-order valence-corrected chi connectivity index (χ2v) is 8.26. The Balaban J connectivity index is 1.31. The van der Waals surface area contributed by atoms with E-state index in [1.807, 2.05) is 30.3 Å². The second-order valence-electron chi connectivity index (χ2n) is 8.26. The van der Waals surface area contributed by atoms with E-state index < -0.39 is 5.97 Å². The summed E-state index contributed by atoms with van der Waals surface area (Å²) in [6.07, 6.45) is 2.57. The molecular formula is C24H29NO4. The summed E-state index contributed by atoms with van der Waals surface area (Å²) < 4.78 is 11.4. The van der Waals surface area contributed by atoms with Gasteiger partial charge < -0.3 is 14.6 Å². The molecule has 0 amide bonds. The van der Waals surface area contributed by atoms with Gasteiger partial charge >= 0.3 is 5.97 Å². The highest BCUT2D eigenvalue weighted by molar-refractivity contribution is 5.72. The van der Waals surface area contributed by atoms with Crippen LogP contribution in [0.2, 0.25) is 0 Å². The molecular weight excluding hydrogens is 366 g/mol. The summed E-state index contributed by atoms with van der Waals surface area (Å²) in [6, 6.07) is 18.5. The van der Waals surface area contributed by atoms with Gasteiger partial charge in [-0.2, -0.15) is 0 Å². The molecule has 154 valence electrons. The maximum Gasteiger partial charge on any atom is 0.308 e. The van der Waals surface area contributed by atoms with E-state index in [0.717, 1.165) is 38.1 Å². The third-order valence-electron chi connectivity index (χ3n) is 6.34.